The van der Waals surface area contributed by atoms with Crippen LogP contribution in [-0.2, 0) is 0 Å². The molecule has 0 aromatic carbocycles. The van der Waals surface area contributed by atoms with E-state index < -0.39 is 0 Å². The molecule has 2 rings (SSSR count). The number of halogens is 1. The molecule has 0 unspecified atom stereocenters. The van der Waals surface area contributed by atoms with Crippen LogP contribution in [0.2, 0.25) is 5.02 Å². The number of Topliss-reactive ketones (excluding diaryl/α,β-unsaturated/α-hetero) is 1. The molecule has 0 atom stereocenters. The van der Waals surface area contributed by atoms with E-state index in [2.05, 4.69) is 4.98 Å². The van der Waals surface area contributed by atoms with Crippen LogP contribution >= 0.6 is 11.6 Å². The van der Waals surface area contributed by atoms with Crippen molar-refractivity contribution in [3.8, 4) is 0 Å². The average molecular weight is 195 g/mol. The van der Waals surface area contributed by atoms with Gasteiger partial charge in [0.25, 0.3) is 0 Å². The third-order valence-corrected chi connectivity index (χ3v) is 2.05. The summed E-state index contributed by atoms with van der Waals surface area (Å²) >= 11 is 5.79. The van der Waals surface area contributed by atoms with Gasteiger partial charge in [-0.2, -0.15) is 0 Å². The summed E-state index contributed by atoms with van der Waals surface area (Å²) in [6, 6.07) is 3.52. The second-order valence-corrected chi connectivity index (χ2v) is 3.21. The van der Waals surface area contributed by atoms with E-state index in [0.29, 0.717) is 10.7 Å². The van der Waals surface area contributed by atoms with E-state index in [1.807, 2.05) is 0 Å². The lowest BCUT2D eigenvalue weighted by molar-refractivity contribution is 0.101. The summed E-state index contributed by atoms with van der Waals surface area (Å²) < 4.78 is 1.69. The quantitative estimate of drug-likeness (QED) is 0.653. The summed E-state index contributed by atoms with van der Waals surface area (Å²) in [5.41, 5.74) is 1.28. The Balaban J connectivity index is 2.79. The molecule has 66 valence electrons. The molecule has 2 aromatic heterocycles. The molecule has 0 fully saturated rings. The van der Waals surface area contributed by atoms with E-state index in [1.165, 1.54) is 6.92 Å². The molecule has 3 nitrogen and oxygen atoms in total. The highest BCUT2D eigenvalue weighted by Crippen LogP contribution is 2.12. The summed E-state index contributed by atoms with van der Waals surface area (Å²) in [5.74, 6) is -0.0187. The van der Waals surface area contributed by atoms with Crippen molar-refractivity contribution in [3.63, 3.8) is 0 Å². The number of fused-ring (bicyclic) bond motifs is 1. The standard InChI is InChI=1S/C9H7ClN2O/c1-6(13)8-4-11-9-3-2-7(10)5-12(8)9/h2-5H,1H3. The topological polar surface area (TPSA) is 34.4 Å². The van der Waals surface area contributed by atoms with Crippen molar-refractivity contribution in [2.24, 2.45) is 0 Å². The van der Waals surface area contributed by atoms with Gasteiger partial charge in [-0.1, -0.05) is 11.6 Å². The maximum absolute atomic E-state index is 11.1. The molecule has 0 radical (unpaired) electrons. The first-order chi connectivity index (χ1) is 6.18. The first-order valence-corrected chi connectivity index (χ1v) is 4.20. The van der Waals surface area contributed by atoms with Gasteiger partial charge in [-0.15, -0.1) is 0 Å². The lowest BCUT2D eigenvalue weighted by atomic mass is 10.3. The molecular formula is C9H7ClN2O. The zero-order valence-electron chi connectivity index (χ0n) is 6.99. The van der Waals surface area contributed by atoms with Crippen LogP contribution < -0.4 is 0 Å². The fourth-order valence-corrected chi connectivity index (χ4v) is 1.38. The molecule has 0 aliphatic rings. The fraction of sp³-hybridized carbons (Fsp3) is 0.111. The number of hydrogen-bond acceptors (Lipinski definition) is 2. The maximum atomic E-state index is 11.1. The molecule has 4 heteroatoms. The van der Waals surface area contributed by atoms with E-state index >= 15 is 0 Å². The van der Waals surface area contributed by atoms with Crippen molar-refractivity contribution in [1.82, 2.24) is 9.38 Å². The lowest BCUT2D eigenvalue weighted by Gasteiger charge is -1.97. The molecule has 0 spiro atoms. The van der Waals surface area contributed by atoms with Crippen molar-refractivity contribution >= 4 is 23.0 Å². The number of aromatic nitrogens is 2. The third kappa shape index (κ3) is 1.31. The molecule has 0 aliphatic carbocycles. The predicted molar refractivity (Wildman–Crippen MR) is 50.2 cm³/mol. The lowest BCUT2D eigenvalue weighted by Crippen LogP contribution is -1.97. The first-order valence-electron chi connectivity index (χ1n) is 3.82. The average Bonchev–Trinajstić information content (AvgIpc) is 2.46. The first kappa shape index (κ1) is 8.26. The van der Waals surface area contributed by atoms with Gasteiger partial charge < -0.3 is 0 Å². The Hall–Kier alpha value is -1.35. The molecule has 2 aromatic rings. The SMILES string of the molecule is CC(=O)c1cnc2ccc(Cl)cn12. The zero-order valence-corrected chi connectivity index (χ0v) is 7.75. The minimum Gasteiger partial charge on any atom is -0.296 e. The number of carbonyl (C=O) groups is 1. The Morgan fingerprint density at radius 3 is 3.00 bits per heavy atom. The number of carbonyl (C=O) groups excluding carboxylic acids is 1. The van der Waals surface area contributed by atoms with Gasteiger partial charge in [-0.25, -0.2) is 4.98 Å². The van der Waals surface area contributed by atoms with Crippen molar-refractivity contribution in [3.05, 3.63) is 35.2 Å². The van der Waals surface area contributed by atoms with Crippen LogP contribution in [0.5, 0.6) is 0 Å². The fourth-order valence-electron chi connectivity index (χ4n) is 1.22. The van der Waals surface area contributed by atoms with E-state index in [1.54, 1.807) is 28.9 Å². The van der Waals surface area contributed by atoms with Gasteiger partial charge in [0, 0.05) is 13.1 Å². The van der Waals surface area contributed by atoms with Gasteiger partial charge in [0.15, 0.2) is 5.78 Å². The number of imidazole rings is 1. The largest absolute Gasteiger partial charge is 0.296 e. The van der Waals surface area contributed by atoms with Crippen LogP contribution in [0.4, 0.5) is 0 Å². The van der Waals surface area contributed by atoms with E-state index in [-0.39, 0.29) is 5.78 Å². The molecule has 0 N–H and O–H groups in total. The molecule has 0 amide bonds. The highest BCUT2D eigenvalue weighted by atomic mass is 35.5. The summed E-state index contributed by atoms with van der Waals surface area (Å²) in [6.07, 6.45) is 3.23. The van der Waals surface area contributed by atoms with Gasteiger partial charge >= 0.3 is 0 Å². The van der Waals surface area contributed by atoms with Gasteiger partial charge in [-0.3, -0.25) is 9.20 Å². The molecular weight excluding hydrogens is 188 g/mol. The van der Waals surface area contributed by atoms with Gasteiger partial charge in [0.2, 0.25) is 0 Å². The zero-order chi connectivity index (χ0) is 9.42. The van der Waals surface area contributed by atoms with Crippen LogP contribution in [0.25, 0.3) is 5.65 Å². The summed E-state index contributed by atoms with van der Waals surface area (Å²) in [4.78, 5) is 15.2. The summed E-state index contributed by atoms with van der Waals surface area (Å²) in [6.45, 7) is 1.50. The van der Waals surface area contributed by atoms with Crippen LogP contribution in [0.1, 0.15) is 17.4 Å². The highest BCUT2D eigenvalue weighted by molar-refractivity contribution is 6.30. The van der Waals surface area contributed by atoms with Gasteiger partial charge in [0.05, 0.1) is 11.2 Å². The Bertz CT molecular complexity index is 475. The number of ketones is 1. The van der Waals surface area contributed by atoms with E-state index in [0.717, 1.165) is 5.65 Å². The Morgan fingerprint density at radius 2 is 2.31 bits per heavy atom. The van der Waals surface area contributed by atoms with Crippen LogP contribution in [0, 0.1) is 0 Å². The number of pyridine rings is 1. The van der Waals surface area contributed by atoms with Crippen molar-refractivity contribution in [2.45, 2.75) is 6.92 Å². The monoisotopic (exact) mass is 194 g/mol. The molecule has 0 saturated carbocycles. The van der Waals surface area contributed by atoms with E-state index in [9.17, 15) is 4.79 Å². The van der Waals surface area contributed by atoms with Crippen molar-refractivity contribution in [2.75, 3.05) is 0 Å². The number of hydrogen-bond donors (Lipinski definition) is 0. The second kappa shape index (κ2) is 2.85. The predicted octanol–water partition coefficient (Wildman–Crippen LogP) is 2.19. The van der Waals surface area contributed by atoms with Crippen LogP contribution in [0.3, 0.4) is 0 Å². The molecule has 0 saturated heterocycles. The maximum Gasteiger partial charge on any atom is 0.178 e. The third-order valence-electron chi connectivity index (χ3n) is 1.83. The smallest absolute Gasteiger partial charge is 0.178 e. The van der Waals surface area contributed by atoms with E-state index in [4.69, 9.17) is 11.6 Å². The van der Waals surface area contributed by atoms with Gasteiger partial charge in [-0.05, 0) is 12.1 Å². The van der Waals surface area contributed by atoms with Gasteiger partial charge in [0.1, 0.15) is 11.3 Å². The van der Waals surface area contributed by atoms with Crippen LogP contribution in [-0.4, -0.2) is 15.2 Å². The Labute approximate surface area is 80.0 Å². The highest BCUT2D eigenvalue weighted by Gasteiger charge is 2.06. The Kier molecular flexibility index (Phi) is 1.81. The van der Waals surface area contributed by atoms with Crippen molar-refractivity contribution < 1.29 is 4.79 Å². The normalized spacial score (nSPS) is 10.6. The summed E-state index contributed by atoms with van der Waals surface area (Å²) in [7, 11) is 0. The Morgan fingerprint density at radius 1 is 1.54 bits per heavy atom. The van der Waals surface area contributed by atoms with Crippen molar-refractivity contribution in [1.29, 1.82) is 0 Å². The number of nitrogens with zero attached hydrogens (tertiary/aromatic N) is 2. The molecule has 13 heavy (non-hydrogen) atoms. The summed E-state index contributed by atoms with van der Waals surface area (Å²) in [5, 5.41) is 0.591. The molecule has 2 heterocycles. The molecule has 0 bridgehead atoms. The molecule has 0 aliphatic heterocycles. The second-order valence-electron chi connectivity index (χ2n) is 2.78. The van der Waals surface area contributed by atoms with Crippen LogP contribution in [0.15, 0.2) is 24.5 Å². The minimum absolute atomic E-state index is 0.0187. The minimum atomic E-state index is -0.0187. The number of rotatable bonds is 1.